The molecule has 0 spiro atoms. The highest BCUT2D eigenvalue weighted by Crippen LogP contribution is 2.32. The molecule has 2 unspecified atom stereocenters. The van der Waals surface area contributed by atoms with Gasteiger partial charge in [0, 0.05) is 0 Å². The average Bonchev–Trinajstić information content (AvgIpc) is 2.56. The van der Waals surface area contributed by atoms with E-state index in [4.69, 9.17) is 19.6 Å². The average molecular weight is 431 g/mol. The van der Waals surface area contributed by atoms with Crippen LogP contribution >= 0.6 is 0 Å². The summed E-state index contributed by atoms with van der Waals surface area (Å²) in [7, 11) is 0. The summed E-state index contributed by atoms with van der Waals surface area (Å²) in [5.74, 6) is -1.17. The van der Waals surface area contributed by atoms with E-state index < -0.39 is 11.2 Å². The lowest BCUT2D eigenvalue weighted by Crippen LogP contribution is -2.36. The fraction of sp³-hybridized carbons (Fsp3) is 0.917. The van der Waals surface area contributed by atoms with Crippen LogP contribution in [0.5, 0.6) is 0 Å². The van der Waals surface area contributed by atoms with Crippen LogP contribution in [0.1, 0.15) is 109 Å². The fourth-order valence-electron chi connectivity index (χ4n) is 3.37. The monoisotopic (exact) mass is 430 g/mol. The van der Waals surface area contributed by atoms with Crippen molar-refractivity contribution in [1.82, 2.24) is 0 Å². The molecule has 0 aromatic rings. The zero-order valence-corrected chi connectivity index (χ0v) is 21.4. The molecule has 0 aliphatic rings. The smallest absolute Gasteiger partial charge is 0.297 e. The summed E-state index contributed by atoms with van der Waals surface area (Å²) in [5.41, 5.74) is -1.79. The predicted molar refractivity (Wildman–Crippen MR) is 118 cm³/mol. The Morgan fingerprint density at radius 2 is 0.867 bits per heavy atom. The summed E-state index contributed by atoms with van der Waals surface area (Å²) in [6.45, 7) is 23.4. The number of hydrogen-bond donors (Lipinski definition) is 0. The van der Waals surface area contributed by atoms with Crippen molar-refractivity contribution in [3.8, 4) is 0 Å². The minimum atomic E-state index is -0.701. The van der Waals surface area contributed by atoms with Gasteiger partial charge in [-0.15, -0.1) is 0 Å². The molecule has 0 heterocycles. The van der Waals surface area contributed by atoms with Crippen molar-refractivity contribution in [2.24, 2.45) is 22.7 Å². The molecule has 0 bridgehead atoms. The van der Waals surface area contributed by atoms with E-state index in [-0.39, 0.29) is 34.6 Å². The first-order chi connectivity index (χ1) is 13.4. The number of rotatable bonds is 11. The first kappa shape index (κ1) is 28.9. The second-order valence-electron chi connectivity index (χ2n) is 11.6. The Kier molecular flexibility index (Phi) is 10.5. The van der Waals surface area contributed by atoms with E-state index in [1.807, 2.05) is 83.1 Å². The van der Waals surface area contributed by atoms with E-state index in [0.717, 1.165) is 0 Å². The van der Waals surface area contributed by atoms with Crippen LogP contribution in [0.4, 0.5) is 0 Å². The second kappa shape index (κ2) is 10.9. The highest BCUT2D eigenvalue weighted by Gasteiger charge is 2.36. The molecule has 0 aliphatic carbocycles. The van der Waals surface area contributed by atoms with Gasteiger partial charge in [-0.1, -0.05) is 55.4 Å². The standard InChI is InChI=1S/C24H46O6/c1-13-17(21(3,4)5)19(25)27-29-23(9,10)15-16-24(11,12)30-28-20(26)18(14-2)22(6,7)8/h17-18H,13-16H2,1-12H3. The summed E-state index contributed by atoms with van der Waals surface area (Å²) in [4.78, 5) is 46.1. The van der Waals surface area contributed by atoms with Crippen LogP contribution in [-0.2, 0) is 29.1 Å². The van der Waals surface area contributed by atoms with E-state index in [0.29, 0.717) is 25.7 Å². The largest absolute Gasteiger partial charge is 0.345 e. The van der Waals surface area contributed by atoms with Crippen LogP contribution in [0, 0.1) is 22.7 Å². The molecule has 0 saturated carbocycles. The van der Waals surface area contributed by atoms with Crippen molar-refractivity contribution in [3.05, 3.63) is 0 Å². The Balaban J connectivity index is 4.69. The van der Waals surface area contributed by atoms with Crippen LogP contribution in [0.2, 0.25) is 0 Å². The van der Waals surface area contributed by atoms with Gasteiger partial charge in [-0.25, -0.2) is 9.59 Å². The molecular weight excluding hydrogens is 384 g/mol. The quantitative estimate of drug-likeness (QED) is 0.278. The molecule has 178 valence electrons. The third-order valence-corrected chi connectivity index (χ3v) is 5.50. The van der Waals surface area contributed by atoms with Gasteiger partial charge in [-0.3, -0.25) is 9.78 Å². The molecule has 6 heteroatoms. The predicted octanol–water partition coefficient (Wildman–Crippen LogP) is 6.42. The Morgan fingerprint density at radius 3 is 1.07 bits per heavy atom. The highest BCUT2D eigenvalue weighted by atomic mass is 17.2. The van der Waals surface area contributed by atoms with Gasteiger partial charge in [-0.2, -0.15) is 9.78 Å². The molecule has 0 aromatic carbocycles. The first-order valence-corrected chi connectivity index (χ1v) is 11.2. The van der Waals surface area contributed by atoms with E-state index in [9.17, 15) is 9.59 Å². The lowest BCUT2D eigenvalue weighted by molar-refractivity contribution is -0.344. The fourth-order valence-corrected chi connectivity index (χ4v) is 3.37. The van der Waals surface area contributed by atoms with E-state index in [2.05, 4.69) is 0 Å². The lowest BCUT2D eigenvalue weighted by atomic mass is 9.79. The molecule has 0 N–H and O–H groups in total. The molecule has 0 saturated heterocycles. The Labute approximate surface area is 184 Å². The third-order valence-electron chi connectivity index (χ3n) is 5.50. The van der Waals surface area contributed by atoms with Crippen LogP contribution in [0.3, 0.4) is 0 Å². The number of hydrogen-bond acceptors (Lipinski definition) is 6. The van der Waals surface area contributed by atoms with Crippen LogP contribution in [-0.4, -0.2) is 23.1 Å². The van der Waals surface area contributed by atoms with Crippen molar-refractivity contribution in [1.29, 1.82) is 0 Å². The Bertz CT molecular complexity index is 501. The van der Waals surface area contributed by atoms with Crippen molar-refractivity contribution >= 4 is 11.9 Å². The topological polar surface area (TPSA) is 71.1 Å². The number of carbonyl (C=O) groups is 2. The van der Waals surface area contributed by atoms with Crippen molar-refractivity contribution in [2.45, 2.75) is 120 Å². The molecule has 2 atom stereocenters. The molecule has 30 heavy (non-hydrogen) atoms. The summed E-state index contributed by atoms with van der Waals surface area (Å²) >= 11 is 0. The normalized spacial score (nSPS) is 15.5. The molecule has 0 fully saturated rings. The maximum absolute atomic E-state index is 12.4. The van der Waals surface area contributed by atoms with Gasteiger partial charge in [0.15, 0.2) is 0 Å². The Hall–Kier alpha value is -1.14. The zero-order valence-electron chi connectivity index (χ0n) is 21.4. The molecule has 0 radical (unpaired) electrons. The molecule has 0 amide bonds. The zero-order chi connectivity index (χ0) is 24.0. The third kappa shape index (κ3) is 10.3. The van der Waals surface area contributed by atoms with Gasteiger partial charge in [0.25, 0.3) is 0 Å². The first-order valence-electron chi connectivity index (χ1n) is 11.2. The highest BCUT2D eigenvalue weighted by molar-refractivity contribution is 5.73. The van der Waals surface area contributed by atoms with Gasteiger partial charge in [0.2, 0.25) is 0 Å². The maximum atomic E-state index is 12.4. The molecule has 6 nitrogen and oxygen atoms in total. The van der Waals surface area contributed by atoms with Crippen molar-refractivity contribution in [2.75, 3.05) is 0 Å². The number of carbonyl (C=O) groups excluding carboxylic acids is 2. The van der Waals surface area contributed by atoms with Gasteiger partial charge in [-0.05, 0) is 64.2 Å². The minimum Gasteiger partial charge on any atom is -0.297 e. The summed E-state index contributed by atoms with van der Waals surface area (Å²) in [6.07, 6.45) is 2.47. The van der Waals surface area contributed by atoms with Gasteiger partial charge >= 0.3 is 11.9 Å². The van der Waals surface area contributed by atoms with Crippen molar-refractivity contribution < 1.29 is 29.1 Å². The molecule has 0 rings (SSSR count). The SMILES string of the molecule is CCC(C(=O)OOC(C)(C)CCC(C)(C)OOC(=O)C(CC)C(C)(C)C)C(C)(C)C. The van der Waals surface area contributed by atoms with Crippen LogP contribution in [0.25, 0.3) is 0 Å². The van der Waals surface area contributed by atoms with E-state index in [1.165, 1.54) is 0 Å². The summed E-state index contributed by atoms with van der Waals surface area (Å²) in [6, 6.07) is 0. The van der Waals surface area contributed by atoms with Crippen molar-refractivity contribution in [3.63, 3.8) is 0 Å². The minimum absolute atomic E-state index is 0.192. The molecule has 0 aliphatic heterocycles. The van der Waals surface area contributed by atoms with Gasteiger partial charge < -0.3 is 0 Å². The molecule has 0 aromatic heterocycles. The Morgan fingerprint density at radius 1 is 0.600 bits per heavy atom. The van der Waals surface area contributed by atoms with E-state index in [1.54, 1.807) is 0 Å². The van der Waals surface area contributed by atoms with Crippen LogP contribution in [0.15, 0.2) is 0 Å². The van der Waals surface area contributed by atoms with E-state index >= 15 is 0 Å². The van der Waals surface area contributed by atoms with Gasteiger partial charge in [0.1, 0.15) is 11.2 Å². The van der Waals surface area contributed by atoms with Gasteiger partial charge in [0.05, 0.1) is 11.8 Å². The van der Waals surface area contributed by atoms with Crippen LogP contribution < -0.4 is 0 Å². The maximum Gasteiger partial charge on any atom is 0.345 e. The molecular formula is C24H46O6. The summed E-state index contributed by atoms with van der Waals surface area (Å²) < 4.78 is 0. The lowest BCUT2D eigenvalue weighted by Gasteiger charge is -2.32. The second-order valence-corrected chi connectivity index (χ2v) is 11.6. The summed E-state index contributed by atoms with van der Waals surface area (Å²) in [5, 5.41) is 0.